The highest BCUT2D eigenvalue weighted by molar-refractivity contribution is 5.93. The molecule has 0 aromatic carbocycles. The molecule has 19 heavy (non-hydrogen) atoms. The van der Waals surface area contributed by atoms with Crippen LogP contribution in [0.3, 0.4) is 0 Å². The molecule has 1 amide bonds. The number of nitriles is 1. The van der Waals surface area contributed by atoms with E-state index in [1.54, 1.807) is 0 Å². The van der Waals surface area contributed by atoms with E-state index in [-0.39, 0.29) is 11.4 Å². The van der Waals surface area contributed by atoms with Crippen molar-refractivity contribution in [1.82, 2.24) is 10.3 Å². The van der Waals surface area contributed by atoms with Crippen molar-refractivity contribution in [3.63, 3.8) is 0 Å². The molecule has 0 saturated carbocycles. The molecule has 5 nitrogen and oxygen atoms in total. The average Bonchev–Trinajstić information content (AvgIpc) is 2.36. The molecule has 0 radical (unpaired) electrons. The molecular weight excluding hydrogens is 256 g/mol. The summed E-state index contributed by atoms with van der Waals surface area (Å²) in [5, 5.41) is 11.2. The van der Waals surface area contributed by atoms with Crippen molar-refractivity contribution < 1.29 is 18.3 Å². The molecule has 1 aromatic rings. The first-order valence-electron chi connectivity index (χ1n) is 5.45. The Balaban J connectivity index is 2.76. The zero-order chi connectivity index (χ0) is 14.5. The van der Waals surface area contributed by atoms with Gasteiger partial charge in [-0.1, -0.05) is 0 Å². The van der Waals surface area contributed by atoms with E-state index < -0.39 is 24.5 Å². The number of amides is 1. The van der Waals surface area contributed by atoms with Crippen LogP contribution in [0, 0.1) is 11.3 Å². The van der Waals surface area contributed by atoms with E-state index in [1.807, 2.05) is 6.07 Å². The monoisotopic (exact) mass is 269 g/mol. The van der Waals surface area contributed by atoms with Crippen molar-refractivity contribution in [2.45, 2.75) is 25.8 Å². The summed E-state index contributed by atoms with van der Waals surface area (Å²) in [4.78, 5) is 15.6. The van der Waals surface area contributed by atoms with Gasteiger partial charge in [0.1, 0.15) is 23.6 Å². The van der Waals surface area contributed by atoms with Gasteiger partial charge >= 0.3 is 0 Å². The quantitative estimate of drug-likeness (QED) is 0.883. The molecule has 7 heteroatoms. The minimum absolute atomic E-state index is 0.00455. The molecular formula is C12H13F2N3O2. The predicted octanol–water partition coefficient (Wildman–Crippen LogP) is 1.76. The zero-order valence-electron chi connectivity index (χ0n) is 10.5. The van der Waals surface area contributed by atoms with Crippen molar-refractivity contribution in [1.29, 1.82) is 5.26 Å². The minimum atomic E-state index is -2.59. The van der Waals surface area contributed by atoms with Crippen molar-refractivity contribution in [2.24, 2.45) is 0 Å². The van der Waals surface area contributed by atoms with Gasteiger partial charge in [-0.3, -0.25) is 9.78 Å². The fourth-order valence-electron chi connectivity index (χ4n) is 1.16. The molecule has 0 bridgehead atoms. The van der Waals surface area contributed by atoms with Gasteiger partial charge in [-0.15, -0.1) is 0 Å². The van der Waals surface area contributed by atoms with E-state index in [1.165, 1.54) is 32.2 Å². The highest BCUT2D eigenvalue weighted by atomic mass is 19.3. The molecule has 1 rings (SSSR count). The van der Waals surface area contributed by atoms with E-state index in [2.05, 4.69) is 10.3 Å². The van der Waals surface area contributed by atoms with Crippen molar-refractivity contribution in [2.75, 3.05) is 6.61 Å². The number of halogens is 2. The molecule has 102 valence electrons. The van der Waals surface area contributed by atoms with Gasteiger partial charge in [0.15, 0.2) is 0 Å². The lowest BCUT2D eigenvalue weighted by molar-refractivity contribution is 0.0817. The number of carbonyl (C=O) groups excluding carboxylic acids is 1. The van der Waals surface area contributed by atoms with Crippen LogP contribution in [0.25, 0.3) is 0 Å². The minimum Gasteiger partial charge on any atom is -0.488 e. The summed E-state index contributed by atoms with van der Waals surface area (Å²) < 4.78 is 28.8. The first kappa shape index (κ1) is 14.8. The Bertz CT molecular complexity index is 498. The molecule has 1 N–H and O–H groups in total. The van der Waals surface area contributed by atoms with E-state index in [4.69, 9.17) is 10.00 Å². The molecule has 0 saturated heterocycles. The molecule has 0 spiro atoms. The third kappa shape index (κ3) is 4.87. The highest BCUT2D eigenvalue weighted by Gasteiger charge is 2.21. The Morgan fingerprint density at radius 2 is 2.32 bits per heavy atom. The third-order valence-electron chi connectivity index (χ3n) is 2.05. The SMILES string of the molecule is CC(C)(C#N)NC(=O)c1cc(OCC(F)F)ccn1. The van der Waals surface area contributed by atoms with Crippen LogP contribution in [-0.2, 0) is 0 Å². The van der Waals surface area contributed by atoms with Gasteiger partial charge in [0.2, 0.25) is 0 Å². The summed E-state index contributed by atoms with van der Waals surface area (Å²) in [7, 11) is 0. The van der Waals surface area contributed by atoms with E-state index in [9.17, 15) is 13.6 Å². The summed E-state index contributed by atoms with van der Waals surface area (Å²) in [5.41, 5.74) is -1.05. The van der Waals surface area contributed by atoms with Crippen molar-refractivity contribution >= 4 is 5.91 Å². The third-order valence-corrected chi connectivity index (χ3v) is 2.05. The molecule has 0 fully saturated rings. The molecule has 0 aliphatic heterocycles. The Labute approximate surface area is 109 Å². The number of rotatable bonds is 5. The van der Waals surface area contributed by atoms with Crippen LogP contribution in [0.2, 0.25) is 0 Å². The lowest BCUT2D eigenvalue weighted by Crippen LogP contribution is -2.42. The summed E-state index contributed by atoms with van der Waals surface area (Å²) in [6, 6.07) is 4.52. The van der Waals surface area contributed by atoms with Crippen LogP contribution in [-0.4, -0.2) is 29.5 Å². The van der Waals surface area contributed by atoms with Gasteiger partial charge in [-0.25, -0.2) is 8.78 Å². The van der Waals surface area contributed by atoms with Crippen LogP contribution in [0.15, 0.2) is 18.3 Å². The topological polar surface area (TPSA) is 75.0 Å². The molecule has 1 heterocycles. The summed E-state index contributed by atoms with van der Waals surface area (Å²) in [5.74, 6) is -0.454. The van der Waals surface area contributed by atoms with Gasteiger partial charge in [0, 0.05) is 12.3 Å². The van der Waals surface area contributed by atoms with Crippen LogP contribution in [0.1, 0.15) is 24.3 Å². The Morgan fingerprint density at radius 3 is 2.89 bits per heavy atom. The maximum Gasteiger partial charge on any atom is 0.272 e. The predicted molar refractivity (Wildman–Crippen MR) is 62.9 cm³/mol. The molecule has 1 aromatic heterocycles. The lowest BCUT2D eigenvalue weighted by Gasteiger charge is -2.17. The van der Waals surface area contributed by atoms with Gasteiger partial charge in [-0.05, 0) is 19.9 Å². The molecule has 0 atom stereocenters. The van der Waals surface area contributed by atoms with Crippen LogP contribution in [0.5, 0.6) is 5.75 Å². The number of carbonyl (C=O) groups is 1. The summed E-state index contributed by atoms with van der Waals surface area (Å²) >= 11 is 0. The first-order valence-corrected chi connectivity index (χ1v) is 5.45. The van der Waals surface area contributed by atoms with Gasteiger partial charge in [-0.2, -0.15) is 5.26 Å². The maximum absolute atomic E-state index is 12.0. The number of aromatic nitrogens is 1. The highest BCUT2D eigenvalue weighted by Crippen LogP contribution is 2.13. The average molecular weight is 269 g/mol. The fraction of sp³-hybridized carbons (Fsp3) is 0.417. The maximum atomic E-state index is 12.0. The first-order chi connectivity index (χ1) is 8.84. The lowest BCUT2D eigenvalue weighted by atomic mass is 10.1. The normalized spacial score (nSPS) is 10.9. The largest absolute Gasteiger partial charge is 0.488 e. The number of nitrogens with zero attached hydrogens (tertiary/aromatic N) is 2. The number of pyridine rings is 1. The number of alkyl halides is 2. The number of hydrogen-bond donors (Lipinski definition) is 1. The molecule has 0 aliphatic rings. The molecule has 0 unspecified atom stereocenters. The summed E-state index contributed by atoms with van der Waals surface area (Å²) in [6.45, 7) is 2.30. The van der Waals surface area contributed by atoms with E-state index >= 15 is 0 Å². The second-order valence-corrected chi connectivity index (χ2v) is 4.27. The van der Waals surface area contributed by atoms with Gasteiger partial charge < -0.3 is 10.1 Å². The van der Waals surface area contributed by atoms with E-state index in [0.717, 1.165) is 0 Å². The van der Waals surface area contributed by atoms with Crippen LogP contribution >= 0.6 is 0 Å². The number of hydrogen-bond acceptors (Lipinski definition) is 4. The van der Waals surface area contributed by atoms with Crippen LogP contribution < -0.4 is 10.1 Å². The van der Waals surface area contributed by atoms with Crippen molar-refractivity contribution in [3.8, 4) is 11.8 Å². The standard InChI is InChI=1S/C12H13F2N3O2/c1-12(2,7-15)17-11(18)9-5-8(3-4-16-9)19-6-10(13)14/h3-5,10H,6H2,1-2H3,(H,17,18). The number of nitrogens with one attached hydrogen (secondary N) is 1. The van der Waals surface area contributed by atoms with E-state index in [0.29, 0.717) is 0 Å². The smallest absolute Gasteiger partial charge is 0.272 e. The summed E-state index contributed by atoms with van der Waals surface area (Å²) in [6.07, 6.45) is -1.32. The Morgan fingerprint density at radius 1 is 1.63 bits per heavy atom. The fourth-order valence-corrected chi connectivity index (χ4v) is 1.16. The second kappa shape index (κ2) is 6.09. The Kier molecular flexibility index (Phi) is 4.75. The van der Waals surface area contributed by atoms with Crippen LogP contribution in [0.4, 0.5) is 8.78 Å². The van der Waals surface area contributed by atoms with Crippen molar-refractivity contribution in [3.05, 3.63) is 24.0 Å². The zero-order valence-corrected chi connectivity index (χ0v) is 10.5. The second-order valence-electron chi connectivity index (χ2n) is 4.27. The molecule has 0 aliphatic carbocycles. The number of ether oxygens (including phenoxy) is 1. The Hall–Kier alpha value is -2.23. The van der Waals surface area contributed by atoms with Gasteiger partial charge in [0.25, 0.3) is 12.3 Å². The van der Waals surface area contributed by atoms with Gasteiger partial charge in [0.05, 0.1) is 6.07 Å².